The van der Waals surface area contributed by atoms with Gasteiger partial charge in [0, 0.05) is 19.6 Å². The van der Waals surface area contributed by atoms with Crippen LogP contribution in [0.4, 0.5) is 0 Å². The quantitative estimate of drug-likeness (QED) is 0.713. The minimum absolute atomic E-state index is 0.202. The van der Waals surface area contributed by atoms with E-state index in [0.717, 1.165) is 6.54 Å². The van der Waals surface area contributed by atoms with Crippen molar-refractivity contribution in [3.05, 3.63) is 84.2 Å². The molecule has 1 aromatic carbocycles. The molecule has 5 heteroatoms. The van der Waals surface area contributed by atoms with Gasteiger partial charge < -0.3 is 13.9 Å². The van der Waals surface area contributed by atoms with Gasteiger partial charge in [0.1, 0.15) is 11.4 Å². The molecule has 3 aromatic rings. The summed E-state index contributed by atoms with van der Waals surface area (Å²) in [6, 6.07) is 16.9. The molecule has 4 rings (SSSR count). The number of nitrogens with zero attached hydrogens (tertiary/aromatic N) is 1. The fourth-order valence-corrected chi connectivity index (χ4v) is 3.70. The van der Waals surface area contributed by atoms with Crippen molar-refractivity contribution in [2.75, 3.05) is 13.1 Å². The first-order chi connectivity index (χ1) is 12.7. The fraction of sp³-hybridized carbons (Fsp3) is 0.286. The average molecular weight is 351 g/mol. The molecule has 1 aliphatic rings. The maximum Gasteiger partial charge on any atom is 0.205 e. The number of ketones is 1. The lowest BCUT2D eigenvalue weighted by Gasteiger charge is -2.42. The molecule has 3 heterocycles. The van der Waals surface area contributed by atoms with Crippen molar-refractivity contribution in [1.29, 1.82) is 0 Å². The van der Waals surface area contributed by atoms with Gasteiger partial charge >= 0.3 is 0 Å². The number of carbonyl (C=O) groups is 1. The van der Waals surface area contributed by atoms with Gasteiger partial charge in [-0.15, -0.1) is 0 Å². The zero-order valence-corrected chi connectivity index (χ0v) is 14.4. The van der Waals surface area contributed by atoms with Crippen LogP contribution in [0, 0.1) is 5.92 Å². The van der Waals surface area contributed by atoms with E-state index in [1.54, 1.807) is 24.3 Å². The van der Waals surface area contributed by atoms with E-state index in [1.807, 2.05) is 18.2 Å². The summed E-state index contributed by atoms with van der Waals surface area (Å²) in [6.45, 7) is 1.84. The van der Waals surface area contributed by atoms with Gasteiger partial charge in [-0.05, 0) is 36.2 Å². The summed E-state index contributed by atoms with van der Waals surface area (Å²) < 4.78 is 10.8. The van der Waals surface area contributed by atoms with E-state index >= 15 is 0 Å². The Morgan fingerprint density at radius 2 is 1.85 bits per heavy atom. The third-order valence-corrected chi connectivity index (χ3v) is 5.10. The highest BCUT2D eigenvalue weighted by Crippen LogP contribution is 2.40. The van der Waals surface area contributed by atoms with Gasteiger partial charge in [0.25, 0.3) is 0 Å². The van der Waals surface area contributed by atoms with Crippen molar-refractivity contribution >= 4 is 5.78 Å². The Balaban J connectivity index is 1.62. The van der Waals surface area contributed by atoms with Crippen LogP contribution in [0.1, 0.15) is 28.3 Å². The summed E-state index contributed by atoms with van der Waals surface area (Å²) in [5.74, 6) is -0.160. The summed E-state index contributed by atoms with van der Waals surface area (Å²) in [6.07, 6.45) is 3.42. The van der Waals surface area contributed by atoms with Crippen molar-refractivity contribution < 1.29 is 18.7 Å². The van der Waals surface area contributed by atoms with Crippen LogP contribution in [0.3, 0.4) is 0 Å². The maximum absolute atomic E-state index is 13.0. The van der Waals surface area contributed by atoms with Crippen molar-refractivity contribution in [2.45, 2.75) is 18.6 Å². The van der Waals surface area contributed by atoms with Gasteiger partial charge in [0.05, 0.1) is 18.4 Å². The van der Waals surface area contributed by atoms with E-state index in [0.29, 0.717) is 25.3 Å². The smallest absolute Gasteiger partial charge is 0.205 e. The molecule has 0 aliphatic carbocycles. The van der Waals surface area contributed by atoms with Crippen LogP contribution in [-0.2, 0) is 12.1 Å². The SMILES string of the molecule is O=C(c1ccco1)[C@H]1CN(Cc2ccccc2)CC[C@@]1(O)c1ccco1. The first-order valence-electron chi connectivity index (χ1n) is 8.77. The summed E-state index contributed by atoms with van der Waals surface area (Å²) in [7, 11) is 0. The van der Waals surface area contributed by atoms with Crippen LogP contribution < -0.4 is 0 Å². The zero-order valence-electron chi connectivity index (χ0n) is 14.4. The number of likely N-dealkylation sites (tertiary alicyclic amines) is 1. The molecule has 1 aliphatic heterocycles. The molecule has 1 fully saturated rings. The molecule has 5 nitrogen and oxygen atoms in total. The van der Waals surface area contributed by atoms with Crippen molar-refractivity contribution in [1.82, 2.24) is 4.90 Å². The molecular weight excluding hydrogens is 330 g/mol. The Morgan fingerprint density at radius 3 is 2.54 bits per heavy atom. The van der Waals surface area contributed by atoms with Crippen LogP contribution in [0.25, 0.3) is 0 Å². The monoisotopic (exact) mass is 351 g/mol. The second-order valence-corrected chi connectivity index (χ2v) is 6.77. The predicted octanol–water partition coefficient (Wildman–Crippen LogP) is 3.47. The minimum Gasteiger partial charge on any atom is -0.466 e. The van der Waals surface area contributed by atoms with E-state index in [-0.39, 0.29) is 11.5 Å². The van der Waals surface area contributed by atoms with E-state index in [9.17, 15) is 9.90 Å². The number of furan rings is 2. The van der Waals surface area contributed by atoms with Gasteiger partial charge in [0.2, 0.25) is 5.78 Å². The van der Waals surface area contributed by atoms with Gasteiger partial charge in [-0.1, -0.05) is 30.3 Å². The average Bonchev–Trinajstić information content (AvgIpc) is 3.38. The lowest BCUT2D eigenvalue weighted by Crippen LogP contribution is -2.52. The molecule has 0 saturated carbocycles. The second kappa shape index (κ2) is 6.94. The second-order valence-electron chi connectivity index (χ2n) is 6.77. The number of Topliss-reactive ketones (excluding diaryl/α,β-unsaturated/α-hetero) is 1. The third-order valence-electron chi connectivity index (χ3n) is 5.10. The Kier molecular flexibility index (Phi) is 4.49. The Hall–Kier alpha value is -2.63. The lowest BCUT2D eigenvalue weighted by atomic mass is 9.76. The van der Waals surface area contributed by atoms with E-state index in [4.69, 9.17) is 8.83 Å². The molecule has 0 amide bonds. The van der Waals surface area contributed by atoms with Gasteiger partial charge in [0.15, 0.2) is 5.76 Å². The molecular formula is C21H21NO4. The molecule has 0 bridgehead atoms. The molecule has 1 N–H and O–H groups in total. The number of piperidine rings is 1. The number of hydrogen-bond donors (Lipinski definition) is 1. The fourth-order valence-electron chi connectivity index (χ4n) is 3.70. The van der Waals surface area contributed by atoms with Crippen molar-refractivity contribution in [2.24, 2.45) is 5.92 Å². The highest BCUT2D eigenvalue weighted by molar-refractivity contribution is 5.96. The van der Waals surface area contributed by atoms with Gasteiger partial charge in [-0.2, -0.15) is 0 Å². The first kappa shape index (κ1) is 16.8. The van der Waals surface area contributed by atoms with E-state index in [1.165, 1.54) is 18.1 Å². The molecule has 0 unspecified atom stereocenters. The van der Waals surface area contributed by atoms with E-state index < -0.39 is 11.5 Å². The van der Waals surface area contributed by atoms with Crippen LogP contribution in [0.15, 0.2) is 76.0 Å². The number of benzene rings is 1. The normalized spacial score (nSPS) is 23.8. The van der Waals surface area contributed by atoms with Gasteiger partial charge in [-0.3, -0.25) is 9.69 Å². The predicted molar refractivity (Wildman–Crippen MR) is 95.5 cm³/mol. The lowest BCUT2D eigenvalue weighted by molar-refractivity contribution is -0.0799. The summed E-state index contributed by atoms with van der Waals surface area (Å²) in [5.41, 5.74) is -0.152. The largest absolute Gasteiger partial charge is 0.466 e. The van der Waals surface area contributed by atoms with Crippen LogP contribution >= 0.6 is 0 Å². The Bertz CT molecular complexity index is 842. The Morgan fingerprint density at radius 1 is 1.08 bits per heavy atom. The highest BCUT2D eigenvalue weighted by Gasteiger charge is 2.49. The number of aliphatic hydroxyl groups is 1. The number of hydrogen-bond acceptors (Lipinski definition) is 5. The van der Waals surface area contributed by atoms with E-state index in [2.05, 4.69) is 17.0 Å². The molecule has 2 atom stereocenters. The van der Waals surface area contributed by atoms with Crippen molar-refractivity contribution in [3.63, 3.8) is 0 Å². The van der Waals surface area contributed by atoms with Crippen LogP contribution in [0.2, 0.25) is 0 Å². The first-order valence-corrected chi connectivity index (χ1v) is 8.77. The van der Waals surface area contributed by atoms with Crippen molar-refractivity contribution in [3.8, 4) is 0 Å². The molecule has 0 spiro atoms. The maximum atomic E-state index is 13.0. The third kappa shape index (κ3) is 3.11. The number of rotatable bonds is 5. The van der Waals surface area contributed by atoms with Gasteiger partial charge in [-0.25, -0.2) is 0 Å². The van der Waals surface area contributed by atoms with Crippen LogP contribution in [0.5, 0.6) is 0 Å². The Labute approximate surface area is 151 Å². The summed E-state index contributed by atoms with van der Waals surface area (Å²) >= 11 is 0. The molecule has 0 radical (unpaired) electrons. The standard InChI is InChI=1S/C21H21NO4/c23-20(18-8-4-12-25-18)17-15-22(14-16-6-2-1-3-7-16)11-10-21(17,24)19-9-5-13-26-19/h1-9,12-13,17,24H,10-11,14-15H2/t17-,21+/m1/s1. The topological polar surface area (TPSA) is 66.8 Å². The summed E-state index contributed by atoms with van der Waals surface area (Å²) in [4.78, 5) is 15.2. The van der Waals surface area contributed by atoms with Crippen LogP contribution in [-0.4, -0.2) is 28.9 Å². The molecule has 26 heavy (non-hydrogen) atoms. The number of carbonyl (C=O) groups excluding carboxylic acids is 1. The molecule has 2 aromatic heterocycles. The summed E-state index contributed by atoms with van der Waals surface area (Å²) in [5, 5.41) is 11.4. The molecule has 134 valence electrons. The zero-order chi connectivity index (χ0) is 18.0. The minimum atomic E-state index is -1.33. The molecule has 1 saturated heterocycles. The highest BCUT2D eigenvalue weighted by atomic mass is 16.4.